The Bertz CT molecular complexity index is 983. The molecule has 0 aliphatic carbocycles. The summed E-state index contributed by atoms with van der Waals surface area (Å²) in [5, 5.41) is 17.6. The average Bonchev–Trinajstić information content (AvgIpc) is 3.28. The summed E-state index contributed by atoms with van der Waals surface area (Å²) in [4.78, 5) is 0. The lowest BCUT2D eigenvalue weighted by molar-refractivity contribution is 0.469. The number of nitrogens with zero attached hydrogens (tertiary/aromatic N) is 1. The lowest BCUT2D eigenvalue weighted by Gasteiger charge is -2.07. The number of phenolic OH excluding ortho intramolecular Hbond substituents is 1. The summed E-state index contributed by atoms with van der Waals surface area (Å²) >= 11 is 0. The molecule has 0 amide bonds. The zero-order valence-corrected chi connectivity index (χ0v) is 13.9. The van der Waals surface area contributed by atoms with Crippen LogP contribution in [0.4, 0.5) is 0 Å². The number of H-pyrrole nitrogens is 1. The fourth-order valence-corrected chi connectivity index (χ4v) is 3.01. The smallest absolute Gasteiger partial charge is 0.133 e. The standard InChI is InChI=1S/C21H18N2O2/c1-14-18(13-17-5-2-3-6-19(17)24)21(23-22-14)16-10-8-15(9-11-16)20-7-4-12-25-20/h2-12,24H,13H2,1H3,(H,22,23). The van der Waals surface area contributed by atoms with Gasteiger partial charge in [0.1, 0.15) is 11.5 Å². The fraction of sp³-hybridized carbons (Fsp3) is 0.0952. The molecule has 2 aromatic carbocycles. The second kappa shape index (κ2) is 6.32. The van der Waals surface area contributed by atoms with Crippen molar-refractivity contribution < 1.29 is 9.52 Å². The highest BCUT2D eigenvalue weighted by Gasteiger charge is 2.14. The molecule has 0 saturated heterocycles. The van der Waals surface area contributed by atoms with Gasteiger partial charge in [-0.3, -0.25) is 5.10 Å². The number of hydrogen-bond acceptors (Lipinski definition) is 3. The molecule has 4 rings (SSSR count). The number of furan rings is 1. The van der Waals surface area contributed by atoms with Gasteiger partial charge in [-0.15, -0.1) is 0 Å². The van der Waals surface area contributed by atoms with Crippen LogP contribution in [0.15, 0.2) is 71.3 Å². The van der Waals surface area contributed by atoms with Crippen LogP contribution in [0.25, 0.3) is 22.6 Å². The number of rotatable bonds is 4. The third-order valence-corrected chi connectivity index (χ3v) is 4.41. The monoisotopic (exact) mass is 330 g/mol. The molecule has 4 heteroatoms. The lowest BCUT2D eigenvalue weighted by Crippen LogP contribution is -1.93. The van der Waals surface area contributed by atoms with Crippen LogP contribution in [-0.4, -0.2) is 15.3 Å². The molecule has 0 spiro atoms. The maximum Gasteiger partial charge on any atom is 0.133 e. The maximum atomic E-state index is 10.1. The number of para-hydroxylation sites is 1. The van der Waals surface area contributed by atoms with Crippen LogP contribution in [-0.2, 0) is 6.42 Å². The first-order valence-electron chi connectivity index (χ1n) is 8.17. The van der Waals surface area contributed by atoms with E-state index in [4.69, 9.17) is 4.42 Å². The molecule has 2 aromatic heterocycles. The van der Waals surface area contributed by atoms with Crippen molar-refractivity contribution in [1.29, 1.82) is 0 Å². The molecule has 0 atom stereocenters. The minimum absolute atomic E-state index is 0.308. The summed E-state index contributed by atoms with van der Waals surface area (Å²) in [6, 6.07) is 19.4. The molecule has 2 heterocycles. The van der Waals surface area contributed by atoms with Crippen LogP contribution < -0.4 is 0 Å². The van der Waals surface area contributed by atoms with Crippen molar-refractivity contribution in [1.82, 2.24) is 10.2 Å². The summed E-state index contributed by atoms with van der Waals surface area (Å²) in [5.41, 5.74) is 5.99. The highest BCUT2D eigenvalue weighted by Crippen LogP contribution is 2.30. The van der Waals surface area contributed by atoms with E-state index in [1.165, 1.54) is 0 Å². The van der Waals surface area contributed by atoms with E-state index < -0.39 is 0 Å². The number of phenols is 1. The van der Waals surface area contributed by atoms with Gasteiger partial charge in [0.15, 0.2) is 0 Å². The van der Waals surface area contributed by atoms with Crippen molar-refractivity contribution in [3.05, 3.63) is 83.7 Å². The van der Waals surface area contributed by atoms with Gasteiger partial charge in [-0.05, 0) is 36.2 Å². The van der Waals surface area contributed by atoms with Gasteiger partial charge < -0.3 is 9.52 Å². The molecule has 0 radical (unpaired) electrons. The highest BCUT2D eigenvalue weighted by atomic mass is 16.3. The van der Waals surface area contributed by atoms with Crippen LogP contribution in [0.5, 0.6) is 5.75 Å². The number of aryl methyl sites for hydroxylation is 1. The summed E-state index contributed by atoms with van der Waals surface area (Å²) in [7, 11) is 0. The van der Waals surface area contributed by atoms with Crippen LogP contribution >= 0.6 is 0 Å². The zero-order valence-electron chi connectivity index (χ0n) is 13.9. The van der Waals surface area contributed by atoms with Gasteiger partial charge in [0.25, 0.3) is 0 Å². The molecule has 0 unspecified atom stereocenters. The second-order valence-electron chi connectivity index (χ2n) is 6.02. The Labute approximate surface area is 145 Å². The van der Waals surface area contributed by atoms with Crippen LogP contribution in [0.2, 0.25) is 0 Å². The summed E-state index contributed by atoms with van der Waals surface area (Å²) in [6.45, 7) is 1.98. The number of hydrogen-bond donors (Lipinski definition) is 2. The Morgan fingerprint density at radius 3 is 2.44 bits per heavy atom. The number of aromatic nitrogens is 2. The molecular weight excluding hydrogens is 312 g/mol. The molecule has 25 heavy (non-hydrogen) atoms. The Balaban J connectivity index is 1.68. The summed E-state index contributed by atoms with van der Waals surface area (Å²) in [6.07, 6.45) is 2.30. The third kappa shape index (κ3) is 2.94. The minimum Gasteiger partial charge on any atom is -0.508 e. The van der Waals surface area contributed by atoms with E-state index in [2.05, 4.69) is 22.3 Å². The van der Waals surface area contributed by atoms with Crippen LogP contribution in [0.1, 0.15) is 16.8 Å². The Hall–Kier alpha value is -3.27. The molecule has 0 bridgehead atoms. The van der Waals surface area contributed by atoms with E-state index in [-0.39, 0.29) is 0 Å². The fourth-order valence-electron chi connectivity index (χ4n) is 3.01. The molecule has 124 valence electrons. The van der Waals surface area contributed by atoms with E-state index in [0.29, 0.717) is 12.2 Å². The van der Waals surface area contributed by atoms with Gasteiger partial charge in [-0.2, -0.15) is 5.10 Å². The first-order valence-corrected chi connectivity index (χ1v) is 8.17. The molecule has 4 aromatic rings. The van der Waals surface area contributed by atoms with E-state index in [0.717, 1.165) is 39.4 Å². The molecule has 0 fully saturated rings. The predicted octanol–water partition coefficient (Wildman–Crippen LogP) is 4.94. The van der Waals surface area contributed by atoms with Crippen molar-refractivity contribution in [3.8, 4) is 28.3 Å². The van der Waals surface area contributed by atoms with E-state index >= 15 is 0 Å². The number of benzene rings is 2. The van der Waals surface area contributed by atoms with Crippen LogP contribution in [0, 0.1) is 6.92 Å². The normalized spacial score (nSPS) is 10.9. The second-order valence-corrected chi connectivity index (χ2v) is 6.02. The number of aromatic hydroxyl groups is 1. The SMILES string of the molecule is Cc1n[nH]c(-c2ccc(-c3ccco3)cc2)c1Cc1ccccc1O. The molecule has 2 N–H and O–H groups in total. The highest BCUT2D eigenvalue weighted by molar-refractivity contribution is 5.69. The van der Waals surface area contributed by atoms with Crippen molar-refractivity contribution >= 4 is 0 Å². The van der Waals surface area contributed by atoms with Gasteiger partial charge in [-0.25, -0.2) is 0 Å². The summed E-state index contributed by atoms with van der Waals surface area (Å²) in [5.74, 6) is 1.16. The molecule has 0 aliphatic heterocycles. The lowest BCUT2D eigenvalue weighted by atomic mass is 9.98. The predicted molar refractivity (Wildman–Crippen MR) is 97.4 cm³/mol. The van der Waals surface area contributed by atoms with Crippen molar-refractivity contribution in [2.75, 3.05) is 0 Å². The molecule has 0 saturated carbocycles. The number of aromatic amines is 1. The van der Waals surface area contributed by atoms with Gasteiger partial charge in [0, 0.05) is 17.5 Å². The Morgan fingerprint density at radius 1 is 0.960 bits per heavy atom. The molecular formula is C21H18N2O2. The topological polar surface area (TPSA) is 62.0 Å². The Morgan fingerprint density at radius 2 is 1.72 bits per heavy atom. The minimum atomic E-state index is 0.308. The maximum absolute atomic E-state index is 10.1. The van der Waals surface area contributed by atoms with Gasteiger partial charge in [-0.1, -0.05) is 42.5 Å². The van der Waals surface area contributed by atoms with Crippen LogP contribution in [0.3, 0.4) is 0 Å². The first-order chi connectivity index (χ1) is 12.2. The zero-order chi connectivity index (χ0) is 17.2. The third-order valence-electron chi connectivity index (χ3n) is 4.41. The van der Waals surface area contributed by atoms with E-state index in [1.54, 1.807) is 12.3 Å². The van der Waals surface area contributed by atoms with Gasteiger partial charge in [0.2, 0.25) is 0 Å². The molecule has 4 nitrogen and oxygen atoms in total. The van der Waals surface area contributed by atoms with E-state index in [9.17, 15) is 5.11 Å². The quantitative estimate of drug-likeness (QED) is 0.557. The van der Waals surface area contributed by atoms with Gasteiger partial charge in [0.05, 0.1) is 17.7 Å². The number of nitrogens with one attached hydrogen (secondary N) is 1. The molecule has 0 aliphatic rings. The largest absolute Gasteiger partial charge is 0.508 e. The van der Waals surface area contributed by atoms with Crippen molar-refractivity contribution in [2.45, 2.75) is 13.3 Å². The van der Waals surface area contributed by atoms with Crippen molar-refractivity contribution in [3.63, 3.8) is 0 Å². The Kier molecular flexibility index (Phi) is 3.86. The van der Waals surface area contributed by atoms with E-state index in [1.807, 2.05) is 49.4 Å². The average molecular weight is 330 g/mol. The van der Waals surface area contributed by atoms with Crippen molar-refractivity contribution in [2.24, 2.45) is 0 Å². The summed E-state index contributed by atoms with van der Waals surface area (Å²) < 4.78 is 5.44. The van der Waals surface area contributed by atoms with Gasteiger partial charge >= 0.3 is 0 Å². The first kappa shape index (κ1) is 15.3.